The highest BCUT2D eigenvalue weighted by Gasteiger charge is 2.22. The Morgan fingerprint density at radius 2 is 1.58 bits per heavy atom. The number of nitrogens with one attached hydrogen (secondary N) is 1. The molecule has 1 heterocycles. The maximum Gasteiger partial charge on any atom is 0.0645 e. The molecule has 0 radical (unpaired) electrons. The van der Waals surface area contributed by atoms with Gasteiger partial charge in [0.25, 0.3) is 0 Å². The highest BCUT2D eigenvalue weighted by Crippen LogP contribution is 2.47. The Labute approximate surface area is 243 Å². The summed E-state index contributed by atoms with van der Waals surface area (Å²) in [6.07, 6.45) is 8.08. The standard InChI is InChI=1S/C35H32INS/c1-3-28(36)22-24-12-18-29(19-13-24)37-34-30(27-16-14-26(15-17-27)25-9-5-4-6-10-25)20-21-31-33-23(2)8-7-11-32(33)38-35(31)34/h4-7,9-21,23,28,37H,3,8,22H2,1-2H3. The minimum Gasteiger partial charge on any atom is -0.354 e. The molecule has 0 fully saturated rings. The topological polar surface area (TPSA) is 12.0 Å². The smallest absolute Gasteiger partial charge is 0.0645 e. The Morgan fingerprint density at radius 3 is 2.32 bits per heavy atom. The van der Waals surface area contributed by atoms with Crippen molar-refractivity contribution >= 4 is 61.5 Å². The van der Waals surface area contributed by atoms with Gasteiger partial charge in [0, 0.05) is 20.1 Å². The van der Waals surface area contributed by atoms with Gasteiger partial charge in [-0.1, -0.05) is 121 Å². The molecule has 190 valence electrons. The van der Waals surface area contributed by atoms with E-state index in [0.717, 1.165) is 18.5 Å². The van der Waals surface area contributed by atoms with Crippen molar-refractivity contribution in [2.24, 2.45) is 0 Å². The van der Waals surface area contributed by atoms with Gasteiger partial charge in [-0.25, -0.2) is 0 Å². The van der Waals surface area contributed by atoms with Gasteiger partial charge in [-0.2, -0.15) is 0 Å². The molecule has 0 spiro atoms. The zero-order chi connectivity index (χ0) is 26.1. The van der Waals surface area contributed by atoms with Crippen LogP contribution >= 0.6 is 33.9 Å². The number of anilines is 2. The van der Waals surface area contributed by atoms with Crippen LogP contribution in [-0.4, -0.2) is 3.92 Å². The highest BCUT2D eigenvalue weighted by atomic mass is 127. The van der Waals surface area contributed by atoms with Gasteiger partial charge >= 0.3 is 0 Å². The number of rotatable bonds is 7. The molecule has 4 aromatic carbocycles. The van der Waals surface area contributed by atoms with Crippen LogP contribution < -0.4 is 5.32 Å². The normalized spacial score (nSPS) is 15.4. The van der Waals surface area contributed by atoms with Crippen molar-refractivity contribution in [1.29, 1.82) is 0 Å². The third-order valence-electron chi connectivity index (χ3n) is 7.60. The molecule has 3 heteroatoms. The number of benzene rings is 4. The lowest BCUT2D eigenvalue weighted by Crippen LogP contribution is -2.00. The maximum atomic E-state index is 3.86. The van der Waals surface area contributed by atoms with Crippen molar-refractivity contribution in [2.75, 3.05) is 5.32 Å². The van der Waals surface area contributed by atoms with Gasteiger partial charge < -0.3 is 5.32 Å². The predicted octanol–water partition coefficient (Wildman–Crippen LogP) is 11.3. The first-order valence-electron chi connectivity index (χ1n) is 13.5. The zero-order valence-corrected chi connectivity index (χ0v) is 24.9. The minimum atomic E-state index is 0.548. The monoisotopic (exact) mass is 625 g/mol. The molecule has 1 aromatic heterocycles. The molecule has 38 heavy (non-hydrogen) atoms. The first-order chi connectivity index (χ1) is 18.6. The molecule has 6 rings (SSSR count). The van der Waals surface area contributed by atoms with E-state index in [1.165, 1.54) is 60.5 Å². The molecule has 1 aliphatic rings. The summed E-state index contributed by atoms with van der Waals surface area (Å²) in [5.41, 5.74) is 10.2. The van der Waals surface area contributed by atoms with E-state index in [0.29, 0.717) is 9.84 Å². The molecule has 0 saturated carbocycles. The average molecular weight is 626 g/mol. The summed E-state index contributed by atoms with van der Waals surface area (Å²) in [4.78, 5) is 1.40. The number of hydrogen-bond acceptors (Lipinski definition) is 2. The number of fused-ring (bicyclic) bond motifs is 3. The van der Waals surface area contributed by atoms with Crippen LogP contribution in [0.4, 0.5) is 11.4 Å². The molecule has 0 bridgehead atoms. The lowest BCUT2D eigenvalue weighted by molar-refractivity contribution is 0.783. The van der Waals surface area contributed by atoms with Gasteiger partial charge in [0.15, 0.2) is 0 Å². The van der Waals surface area contributed by atoms with Crippen molar-refractivity contribution in [2.45, 2.75) is 43.0 Å². The second kappa shape index (κ2) is 11.1. The van der Waals surface area contributed by atoms with Crippen LogP contribution in [0.25, 0.3) is 38.4 Å². The fraction of sp³-hybridized carbons (Fsp3) is 0.200. The van der Waals surface area contributed by atoms with Crippen LogP contribution in [-0.2, 0) is 6.42 Å². The number of allylic oxidation sites excluding steroid dienone is 1. The van der Waals surface area contributed by atoms with E-state index in [9.17, 15) is 0 Å². The van der Waals surface area contributed by atoms with Crippen molar-refractivity contribution in [1.82, 2.24) is 0 Å². The fourth-order valence-corrected chi connectivity index (χ4v) is 7.30. The van der Waals surface area contributed by atoms with Gasteiger partial charge in [-0.05, 0) is 76.6 Å². The summed E-state index contributed by atoms with van der Waals surface area (Å²) in [5.74, 6) is 0.548. The number of halogens is 1. The molecular weight excluding hydrogens is 593 g/mol. The number of hydrogen-bond donors (Lipinski definition) is 1. The van der Waals surface area contributed by atoms with E-state index in [2.05, 4.69) is 145 Å². The van der Waals surface area contributed by atoms with E-state index in [-0.39, 0.29) is 0 Å². The van der Waals surface area contributed by atoms with Gasteiger partial charge in [-0.3, -0.25) is 0 Å². The quantitative estimate of drug-likeness (QED) is 0.140. The molecule has 0 aliphatic heterocycles. The summed E-state index contributed by atoms with van der Waals surface area (Å²) >= 11 is 4.48. The Kier molecular flexibility index (Phi) is 7.40. The highest BCUT2D eigenvalue weighted by molar-refractivity contribution is 14.1. The van der Waals surface area contributed by atoms with E-state index in [4.69, 9.17) is 0 Å². The van der Waals surface area contributed by atoms with Gasteiger partial charge in [0.05, 0.1) is 10.4 Å². The van der Waals surface area contributed by atoms with Gasteiger partial charge in [0.2, 0.25) is 0 Å². The van der Waals surface area contributed by atoms with E-state index < -0.39 is 0 Å². The van der Waals surface area contributed by atoms with Crippen LogP contribution in [0, 0.1) is 0 Å². The maximum absolute atomic E-state index is 3.86. The number of thiophene rings is 1. The average Bonchev–Trinajstić information content (AvgIpc) is 3.35. The van der Waals surface area contributed by atoms with E-state index >= 15 is 0 Å². The Balaban J connectivity index is 1.43. The molecule has 5 aromatic rings. The van der Waals surface area contributed by atoms with Crippen molar-refractivity contribution in [3.8, 4) is 22.3 Å². The van der Waals surface area contributed by atoms with E-state index in [1.54, 1.807) is 0 Å². The van der Waals surface area contributed by atoms with Crippen LogP contribution in [0.5, 0.6) is 0 Å². The Bertz CT molecular complexity index is 1580. The van der Waals surface area contributed by atoms with Gasteiger partial charge in [-0.15, -0.1) is 11.3 Å². The van der Waals surface area contributed by atoms with Crippen molar-refractivity contribution in [3.05, 3.63) is 113 Å². The molecular formula is C35H32INS. The summed E-state index contributed by atoms with van der Waals surface area (Å²) in [5, 5.41) is 5.25. The van der Waals surface area contributed by atoms with Gasteiger partial charge in [0.1, 0.15) is 0 Å². The second-order valence-corrected chi connectivity index (χ2v) is 13.1. The SMILES string of the molecule is CCC(I)Cc1ccc(Nc2c(-c3ccc(-c4ccccc4)cc3)ccc3c4c(sc23)C=CCC4C)cc1. The zero-order valence-electron chi connectivity index (χ0n) is 21.9. The molecule has 0 amide bonds. The summed E-state index contributed by atoms with van der Waals surface area (Å²) in [6.45, 7) is 4.62. The molecule has 2 unspecified atom stereocenters. The third-order valence-corrected chi connectivity index (χ3v) is 10.1. The summed E-state index contributed by atoms with van der Waals surface area (Å²) in [6, 6.07) is 33.3. The molecule has 1 nitrogen and oxygen atoms in total. The van der Waals surface area contributed by atoms with Crippen LogP contribution in [0.1, 0.15) is 48.6 Å². The van der Waals surface area contributed by atoms with Crippen LogP contribution in [0.3, 0.4) is 0 Å². The predicted molar refractivity (Wildman–Crippen MR) is 176 cm³/mol. The van der Waals surface area contributed by atoms with Crippen molar-refractivity contribution < 1.29 is 0 Å². The fourth-order valence-electron chi connectivity index (χ4n) is 5.43. The lowest BCUT2D eigenvalue weighted by atomic mass is 9.90. The second-order valence-electron chi connectivity index (χ2n) is 10.3. The Morgan fingerprint density at radius 1 is 0.868 bits per heavy atom. The first-order valence-corrected chi connectivity index (χ1v) is 15.6. The number of alkyl halides is 1. The van der Waals surface area contributed by atoms with Crippen molar-refractivity contribution in [3.63, 3.8) is 0 Å². The van der Waals surface area contributed by atoms with Crippen LogP contribution in [0.2, 0.25) is 0 Å². The minimum absolute atomic E-state index is 0.548. The summed E-state index contributed by atoms with van der Waals surface area (Å²) in [7, 11) is 0. The van der Waals surface area contributed by atoms with Crippen LogP contribution in [0.15, 0.2) is 97.1 Å². The largest absolute Gasteiger partial charge is 0.354 e. The lowest BCUT2D eigenvalue weighted by Gasteiger charge is -2.17. The third kappa shape index (κ3) is 5.06. The molecule has 0 saturated heterocycles. The molecule has 1 N–H and O–H groups in total. The molecule has 1 aliphatic carbocycles. The Hall–Kier alpha value is -2.89. The summed E-state index contributed by atoms with van der Waals surface area (Å²) < 4.78 is 2.03. The van der Waals surface area contributed by atoms with E-state index in [1.807, 2.05) is 11.3 Å². The molecule has 2 atom stereocenters. The first kappa shape index (κ1) is 25.4.